The van der Waals surface area contributed by atoms with E-state index in [1.807, 2.05) is 45.0 Å². The first-order chi connectivity index (χ1) is 16.1. The summed E-state index contributed by atoms with van der Waals surface area (Å²) < 4.78 is 28.2. The summed E-state index contributed by atoms with van der Waals surface area (Å²) in [6.45, 7) is 5.51. The zero-order valence-electron chi connectivity index (χ0n) is 18.9. The van der Waals surface area contributed by atoms with Crippen LogP contribution in [0.2, 0.25) is 5.02 Å². The summed E-state index contributed by atoms with van der Waals surface area (Å²) in [5.41, 5.74) is 3.33. The van der Waals surface area contributed by atoms with Crippen LogP contribution in [0.25, 0.3) is 10.9 Å². The highest BCUT2D eigenvalue weighted by atomic mass is 35.5. The first kappa shape index (κ1) is 23.7. The van der Waals surface area contributed by atoms with E-state index >= 15 is 0 Å². The van der Waals surface area contributed by atoms with Gasteiger partial charge in [-0.2, -0.15) is 0 Å². The summed E-state index contributed by atoms with van der Waals surface area (Å²) in [6, 6.07) is 16.5. The fraction of sp³-hybridized carbons (Fsp3) is 0.154. The Morgan fingerprint density at radius 1 is 0.941 bits per heavy atom. The van der Waals surface area contributed by atoms with E-state index in [4.69, 9.17) is 11.6 Å². The number of benzene rings is 3. The van der Waals surface area contributed by atoms with Crippen LogP contribution < -0.4 is 10.7 Å². The van der Waals surface area contributed by atoms with Crippen molar-refractivity contribution in [2.24, 2.45) is 0 Å². The zero-order chi connectivity index (χ0) is 24.6. The van der Waals surface area contributed by atoms with Crippen molar-refractivity contribution >= 4 is 43.9 Å². The molecular formula is C26H23ClN2O4S. The highest BCUT2D eigenvalue weighted by molar-refractivity contribution is 7.91. The van der Waals surface area contributed by atoms with Crippen LogP contribution in [0.5, 0.6) is 0 Å². The standard InChI is InChI=1S/C26H23ClN2O4S/c1-16-4-10-22(18(3)12-16)28-25(30)15-29-14-24(26(31)21-13-17(2)5-11-23(21)29)34(32,33)20-8-6-19(27)7-9-20/h4-14H,15H2,1-3H3,(H,28,30). The molecule has 1 aromatic heterocycles. The third kappa shape index (κ3) is 4.62. The summed E-state index contributed by atoms with van der Waals surface area (Å²) in [7, 11) is -4.14. The Bertz CT molecular complexity index is 1590. The molecule has 8 heteroatoms. The van der Waals surface area contributed by atoms with Gasteiger partial charge >= 0.3 is 0 Å². The molecule has 0 aliphatic rings. The van der Waals surface area contributed by atoms with Crippen LogP contribution in [0.15, 0.2) is 81.4 Å². The lowest BCUT2D eigenvalue weighted by Crippen LogP contribution is -2.24. The van der Waals surface area contributed by atoms with Crippen molar-refractivity contribution in [3.63, 3.8) is 0 Å². The van der Waals surface area contributed by atoms with Gasteiger partial charge in [0.25, 0.3) is 0 Å². The molecule has 0 fully saturated rings. The minimum Gasteiger partial charge on any atom is -0.336 e. The van der Waals surface area contributed by atoms with E-state index in [-0.39, 0.29) is 22.7 Å². The van der Waals surface area contributed by atoms with Gasteiger partial charge in [0.05, 0.1) is 10.4 Å². The molecule has 1 heterocycles. The fourth-order valence-electron chi connectivity index (χ4n) is 3.85. The molecule has 1 N–H and O–H groups in total. The lowest BCUT2D eigenvalue weighted by Gasteiger charge is -2.15. The van der Waals surface area contributed by atoms with Gasteiger partial charge in [0.2, 0.25) is 21.2 Å². The van der Waals surface area contributed by atoms with Crippen LogP contribution in [0.3, 0.4) is 0 Å². The Kier molecular flexibility index (Phi) is 6.34. The van der Waals surface area contributed by atoms with Crippen LogP contribution in [0.4, 0.5) is 5.69 Å². The monoisotopic (exact) mass is 494 g/mol. The average molecular weight is 495 g/mol. The van der Waals surface area contributed by atoms with Crippen LogP contribution in [-0.4, -0.2) is 18.9 Å². The molecule has 0 aliphatic heterocycles. The summed E-state index contributed by atoms with van der Waals surface area (Å²) in [5.74, 6) is -0.340. The van der Waals surface area contributed by atoms with E-state index in [0.717, 1.165) is 16.7 Å². The summed E-state index contributed by atoms with van der Waals surface area (Å²) in [6.07, 6.45) is 1.24. The number of sulfone groups is 1. The maximum Gasteiger partial charge on any atom is 0.244 e. The summed E-state index contributed by atoms with van der Waals surface area (Å²) in [4.78, 5) is 25.7. The van der Waals surface area contributed by atoms with Gasteiger partial charge in [0, 0.05) is 22.3 Å². The van der Waals surface area contributed by atoms with E-state index in [0.29, 0.717) is 16.2 Å². The molecule has 0 saturated carbocycles. The molecule has 0 bridgehead atoms. The second kappa shape index (κ2) is 9.08. The number of nitrogens with zero attached hydrogens (tertiary/aromatic N) is 1. The quantitative estimate of drug-likeness (QED) is 0.420. The molecule has 4 aromatic rings. The lowest BCUT2D eigenvalue weighted by molar-refractivity contribution is -0.116. The van der Waals surface area contributed by atoms with Crippen molar-refractivity contribution in [2.45, 2.75) is 37.1 Å². The smallest absolute Gasteiger partial charge is 0.244 e. The number of nitrogens with one attached hydrogen (secondary N) is 1. The van der Waals surface area contributed by atoms with E-state index in [1.54, 1.807) is 12.1 Å². The Morgan fingerprint density at radius 2 is 1.59 bits per heavy atom. The van der Waals surface area contributed by atoms with Crippen molar-refractivity contribution in [3.8, 4) is 0 Å². The van der Waals surface area contributed by atoms with Gasteiger partial charge in [-0.3, -0.25) is 9.59 Å². The predicted molar refractivity (Wildman–Crippen MR) is 134 cm³/mol. The topological polar surface area (TPSA) is 85.2 Å². The van der Waals surface area contributed by atoms with Crippen molar-refractivity contribution < 1.29 is 13.2 Å². The zero-order valence-corrected chi connectivity index (χ0v) is 20.5. The molecule has 34 heavy (non-hydrogen) atoms. The van der Waals surface area contributed by atoms with Crippen molar-refractivity contribution in [2.75, 3.05) is 5.32 Å². The molecule has 0 radical (unpaired) electrons. The van der Waals surface area contributed by atoms with Crippen LogP contribution in [0.1, 0.15) is 16.7 Å². The SMILES string of the molecule is Cc1ccc(NC(=O)Cn2cc(S(=O)(=O)c3ccc(Cl)cc3)c(=O)c3cc(C)ccc32)c(C)c1. The number of aromatic nitrogens is 1. The highest BCUT2D eigenvalue weighted by Gasteiger charge is 2.24. The van der Waals surface area contributed by atoms with Gasteiger partial charge in [-0.1, -0.05) is 40.9 Å². The normalized spacial score (nSPS) is 11.5. The molecule has 0 aliphatic carbocycles. The third-order valence-electron chi connectivity index (χ3n) is 5.59. The second-order valence-corrected chi connectivity index (χ2v) is 10.6. The largest absolute Gasteiger partial charge is 0.336 e. The van der Waals surface area contributed by atoms with Gasteiger partial charge in [-0.15, -0.1) is 0 Å². The molecule has 1 amide bonds. The molecular weight excluding hydrogens is 472 g/mol. The number of anilines is 1. The van der Waals surface area contributed by atoms with E-state index < -0.39 is 20.2 Å². The summed E-state index contributed by atoms with van der Waals surface area (Å²) >= 11 is 5.90. The number of carbonyl (C=O) groups is 1. The van der Waals surface area contributed by atoms with Gasteiger partial charge in [-0.05, 0) is 68.8 Å². The number of halogens is 1. The van der Waals surface area contributed by atoms with Gasteiger partial charge < -0.3 is 9.88 Å². The number of aryl methyl sites for hydroxylation is 3. The van der Waals surface area contributed by atoms with Gasteiger partial charge in [0.15, 0.2) is 0 Å². The maximum absolute atomic E-state index is 13.3. The van der Waals surface area contributed by atoms with Crippen molar-refractivity contribution in [3.05, 3.63) is 98.8 Å². The Morgan fingerprint density at radius 3 is 2.26 bits per heavy atom. The molecule has 4 rings (SSSR count). The number of fused-ring (bicyclic) bond motifs is 1. The number of amides is 1. The predicted octanol–water partition coefficient (Wildman–Crippen LogP) is 5.05. The van der Waals surface area contributed by atoms with E-state index in [1.165, 1.54) is 35.0 Å². The number of carbonyl (C=O) groups excluding carboxylic acids is 1. The average Bonchev–Trinajstić information content (AvgIpc) is 2.78. The van der Waals surface area contributed by atoms with Crippen molar-refractivity contribution in [1.29, 1.82) is 0 Å². The number of hydrogen-bond donors (Lipinski definition) is 1. The minimum absolute atomic E-state index is 0.0488. The number of pyridine rings is 1. The first-order valence-corrected chi connectivity index (χ1v) is 12.4. The third-order valence-corrected chi connectivity index (χ3v) is 7.60. The molecule has 0 unspecified atom stereocenters. The van der Waals surface area contributed by atoms with E-state index in [9.17, 15) is 18.0 Å². The molecule has 0 spiro atoms. The molecule has 174 valence electrons. The van der Waals surface area contributed by atoms with Crippen LogP contribution in [-0.2, 0) is 21.2 Å². The fourth-order valence-corrected chi connectivity index (χ4v) is 5.34. The van der Waals surface area contributed by atoms with E-state index in [2.05, 4.69) is 5.32 Å². The Balaban J connectivity index is 1.82. The summed E-state index contributed by atoms with van der Waals surface area (Å²) in [5, 5.41) is 3.48. The minimum atomic E-state index is -4.14. The Hall–Kier alpha value is -3.42. The molecule has 0 saturated heterocycles. The van der Waals surface area contributed by atoms with Crippen molar-refractivity contribution in [1.82, 2.24) is 4.57 Å². The highest BCUT2D eigenvalue weighted by Crippen LogP contribution is 2.24. The number of rotatable bonds is 5. The molecule has 3 aromatic carbocycles. The molecule has 0 atom stereocenters. The number of hydrogen-bond acceptors (Lipinski definition) is 4. The maximum atomic E-state index is 13.3. The van der Waals surface area contributed by atoms with Crippen LogP contribution >= 0.6 is 11.6 Å². The lowest BCUT2D eigenvalue weighted by atomic mass is 10.1. The Labute approximate surface area is 202 Å². The van der Waals surface area contributed by atoms with Gasteiger partial charge in [-0.25, -0.2) is 8.42 Å². The van der Waals surface area contributed by atoms with Gasteiger partial charge in [0.1, 0.15) is 11.4 Å². The first-order valence-electron chi connectivity index (χ1n) is 10.6. The molecule has 6 nitrogen and oxygen atoms in total. The second-order valence-electron chi connectivity index (χ2n) is 8.29. The van der Waals surface area contributed by atoms with Crippen LogP contribution in [0, 0.1) is 20.8 Å².